The second kappa shape index (κ2) is 7.55. The zero-order valence-electron chi connectivity index (χ0n) is 17.0. The summed E-state index contributed by atoms with van der Waals surface area (Å²) in [6.07, 6.45) is 0.797. The Bertz CT molecular complexity index is 798. The Morgan fingerprint density at radius 3 is 2.57 bits per heavy atom. The van der Waals surface area contributed by atoms with Gasteiger partial charge in [-0.2, -0.15) is 4.98 Å². The van der Waals surface area contributed by atoms with E-state index in [2.05, 4.69) is 41.0 Å². The summed E-state index contributed by atoms with van der Waals surface area (Å²) >= 11 is 0. The molecule has 1 aromatic carbocycles. The van der Waals surface area contributed by atoms with Gasteiger partial charge in [-0.3, -0.25) is 4.90 Å². The van der Waals surface area contributed by atoms with Crippen LogP contribution in [0.1, 0.15) is 38.6 Å². The molecule has 0 bridgehead atoms. The van der Waals surface area contributed by atoms with Crippen molar-refractivity contribution in [2.45, 2.75) is 45.4 Å². The van der Waals surface area contributed by atoms with Crippen LogP contribution < -0.4 is 5.73 Å². The standard InChI is InChI=1S/C21H30N4O3/c1-4-27-17-13-21(22,20(17,2)3)19-23-18(24-28-19)16-7-5-15(6-8-16)14-25-9-11-26-12-10-25/h5-8,17H,4,9-14,22H2,1-3H3. The summed E-state index contributed by atoms with van der Waals surface area (Å²) in [6.45, 7) is 11.4. The molecule has 1 saturated heterocycles. The number of aromatic nitrogens is 2. The molecule has 7 nitrogen and oxygen atoms in total. The molecule has 0 amide bonds. The van der Waals surface area contributed by atoms with Gasteiger partial charge in [-0.25, -0.2) is 0 Å². The van der Waals surface area contributed by atoms with E-state index in [9.17, 15) is 0 Å². The third kappa shape index (κ3) is 3.37. The van der Waals surface area contributed by atoms with Gasteiger partial charge in [-0.15, -0.1) is 0 Å². The molecule has 4 rings (SSSR count). The highest BCUT2D eigenvalue weighted by Crippen LogP contribution is 2.55. The molecule has 2 fully saturated rings. The fraction of sp³-hybridized carbons (Fsp3) is 0.619. The first-order valence-corrected chi connectivity index (χ1v) is 10.1. The van der Waals surface area contributed by atoms with E-state index < -0.39 is 5.54 Å². The number of nitrogens with two attached hydrogens (primary N) is 1. The van der Waals surface area contributed by atoms with Crippen molar-refractivity contribution in [3.63, 3.8) is 0 Å². The largest absolute Gasteiger partial charge is 0.379 e. The molecule has 2 aliphatic rings. The van der Waals surface area contributed by atoms with Crippen LogP contribution in [0, 0.1) is 5.41 Å². The molecule has 1 aliphatic carbocycles. The highest BCUT2D eigenvalue weighted by Gasteiger charge is 2.62. The topological polar surface area (TPSA) is 86.6 Å². The Morgan fingerprint density at radius 2 is 1.93 bits per heavy atom. The van der Waals surface area contributed by atoms with Crippen molar-refractivity contribution in [2.24, 2.45) is 11.1 Å². The zero-order chi connectivity index (χ0) is 19.8. The molecule has 7 heteroatoms. The van der Waals surface area contributed by atoms with Gasteiger partial charge < -0.3 is 19.7 Å². The summed E-state index contributed by atoms with van der Waals surface area (Å²) in [5, 5.41) is 4.18. The Balaban J connectivity index is 1.46. The van der Waals surface area contributed by atoms with Crippen LogP contribution in [0.3, 0.4) is 0 Å². The molecule has 0 radical (unpaired) electrons. The first kappa shape index (κ1) is 19.5. The van der Waals surface area contributed by atoms with E-state index in [0.29, 0.717) is 24.7 Å². The van der Waals surface area contributed by atoms with Crippen LogP contribution in [-0.4, -0.2) is 54.1 Å². The molecule has 28 heavy (non-hydrogen) atoms. The quantitative estimate of drug-likeness (QED) is 0.816. The van der Waals surface area contributed by atoms with Crippen molar-refractivity contribution < 1.29 is 14.0 Å². The van der Waals surface area contributed by atoms with Crippen molar-refractivity contribution in [3.05, 3.63) is 35.7 Å². The van der Waals surface area contributed by atoms with Crippen LogP contribution in [-0.2, 0) is 21.6 Å². The van der Waals surface area contributed by atoms with E-state index >= 15 is 0 Å². The van der Waals surface area contributed by atoms with Gasteiger partial charge in [0, 0.05) is 43.6 Å². The van der Waals surface area contributed by atoms with Gasteiger partial charge in [-0.05, 0) is 12.5 Å². The normalized spacial score (nSPS) is 27.5. The van der Waals surface area contributed by atoms with E-state index in [1.54, 1.807) is 0 Å². The molecular weight excluding hydrogens is 356 g/mol. The molecular formula is C21H30N4O3. The maximum absolute atomic E-state index is 6.65. The van der Waals surface area contributed by atoms with Crippen molar-refractivity contribution in [2.75, 3.05) is 32.9 Å². The van der Waals surface area contributed by atoms with Gasteiger partial charge in [0.2, 0.25) is 11.7 Å². The Morgan fingerprint density at radius 1 is 1.21 bits per heavy atom. The maximum atomic E-state index is 6.65. The summed E-state index contributed by atoms with van der Waals surface area (Å²) in [5.74, 6) is 1.06. The first-order chi connectivity index (χ1) is 13.4. The second-order valence-corrected chi connectivity index (χ2v) is 8.35. The SMILES string of the molecule is CCOC1CC(N)(c2nc(-c3ccc(CN4CCOCC4)cc3)no2)C1(C)C. The van der Waals surface area contributed by atoms with E-state index in [4.69, 9.17) is 19.7 Å². The number of ether oxygens (including phenoxy) is 2. The van der Waals surface area contributed by atoms with E-state index in [1.165, 1.54) is 5.56 Å². The highest BCUT2D eigenvalue weighted by atomic mass is 16.5. The van der Waals surface area contributed by atoms with Gasteiger partial charge in [0.05, 0.1) is 19.3 Å². The molecule has 2 heterocycles. The fourth-order valence-electron chi connectivity index (χ4n) is 4.10. The summed E-state index contributed by atoms with van der Waals surface area (Å²) in [7, 11) is 0. The summed E-state index contributed by atoms with van der Waals surface area (Å²) in [5.41, 5.74) is 7.94. The molecule has 2 N–H and O–H groups in total. The minimum atomic E-state index is -0.658. The van der Waals surface area contributed by atoms with Gasteiger partial charge in [0.15, 0.2) is 0 Å². The lowest BCUT2D eigenvalue weighted by Crippen LogP contribution is -2.67. The van der Waals surface area contributed by atoms with Gasteiger partial charge in [0.25, 0.3) is 0 Å². The Hall–Kier alpha value is -1.80. The molecule has 1 aromatic heterocycles. The molecule has 1 saturated carbocycles. The first-order valence-electron chi connectivity index (χ1n) is 10.1. The Labute approximate surface area is 166 Å². The number of hydrogen-bond donors (Lipinski definition) is 1. The lowest BCUT2D eigenvalue weighted by Gasteiger charge is -2.56. The van der Waals surface area contributed by atoms with Crippen molar-refractivity contribution >= 4 is 0 Å². The van der Waals surface area contributed by atoms with Crippen molar-refractivity contribution in [1.29, 1.82) is 0 Å². The van der Waals surface area contributed by atoms with Gasteiger partial charge in [0.1, 0.15) is 5.54 Å². The molecule has 0 spiro atoms. The van der Waals surface area contributed by atoms with Crippen LogP contribution in [0.2, 0.25) is 0 Å². The van der Waals surface area contributed by atoms with E-state index in [-0.39, 0.29) is 11.5 Å². The number of benzene rings is 1. The van der Waals surface area contributed by atoms with Gasteiger partial charge in [-0.1, -0.05) is 43.3 Å². The molecule has 152 valence electrons. The smallest absolute Gasteiger partial charge is 0.247 e. The van der Waals surface area contributed by atoms with Crippen molar-refractivity contribution in [3.8, 4) is 11.4 Å². The average Bonchev–Trinajstić information content (AvgIpc) is 3.19. The van der Waals surface area contributed by atoms with Crippen LogP contribution >= 0.6 is 0 Å². The minimum Gasteiger partial charge on any atom is -0.379 e. The van der Waals surface area contributed by atoms with Crippen LogP contribution in [0.25, 0.3) is 11.4 Å². The third-order valence-electron chi connectivity index (χ3n) is 6.36. The minimum absolute atomic E-state index is 0.109. The lowest BCUT2D eigenvalue weighted by molar-refractivity contribution is -0.162. The predicted octanol–water partition coefficient (Wildman–Crippen LogP) is 2.56. The number of hydrogen-bond acceptors (Lipinski definition) is 7. The summed E-state index contributed by atoms with van der Waals surface area (Å²) in [6, 6.07) is 8.33. The zero-order valence-corrected chi connectivity index (χ0v) is 17.0. The summed E-state index contributed by atoms with van der Waals surface area (Å²) in [4.78, 5) is 7.02. The number of nitrogens with zero attached hydrogens (tertiary/aromatic N) is 3. The average molecular weight is 386 g/mol. The van der Waals surface area contributed by atoms with Crippen molar-refractivity contribution in [1.82, 2.24) is 15.0 Å². The molecule has 2 atom stereocenters. The number of morpholine rings is 1. The fourth-order valence-corrected chi connectivity index (χ4v) is 4.10. The second-order valence-electron chi connectivity index (χ2n) is 8.35. The third-order valence-corrected chi connectivity index (χ3v) is 6.36. The maximum Gasteiger partial charge on any atom is 0.247 e. The van der Waals surface area contributed by atoms with Crippen LogP contribution in [0.4, 0.5) is 0 Å². The van der Waals surface area contributed by atoms with Gasteiger partial charge >= 0.3 is 0 Å². The van der Waals surface area contributed by atoms with Crippen LogP contribution in [0.5, 0.6) is 0 Å². The van der Waals surface area contributed by atoms with E-state index in [0.717, 1.165) is 38.4 Å². The summed E-state index contributed by atoms with van der Waals surface area (Å²) < 4.78 is 16.8. The molecule has 2 unspecified atom stereocenters. The molecule has 2 aromatic rings. The highest BCUT2D eigenvalue weighted by molar-refractivity contribution is 5.55. The lowest BCUT2D eigenvalue weighted by atomic mass is 9.54. The van der Waals surface area contributed by atoms with Crippen LogP contribution in [0.15, 0.2) is 28.8 Å². The number of rotatable bonds is 6. The molecule has 1 aliphatic heterocycles. The Kier molecular flexibility index (Phi) is 5.26. The predicted molar refractivity (Wildman–Crippen MR) is 106 cm³/mol. The van der Waals surface area contributed by atoms with E-state index in [1.807, 2.05) is 19.1 Å². The monoisotopic (exact) mass is 386 g/mol.